The number of hydrogen-bond donors (Lipinski definition) is 2. The molecule has 0 spiro atoms. The summed E-state index contributed by atoms with van der Waals surface area (Å²) in [7, 11) is 0. The van der Waals surface area contributed by atoms with Crippen molar-refractivity contribution < 1.29 is 19.1 Å². The van der Waals surface area contributed by atoms with Gasteiger partial charge in [-0.2, -0.15) is 0 Å². The Bertz CT molecular complexity index is 1130. The van der Waals surface area contributed by atoms with Gasteiger partial charge in [-0.15, -0.1) is 0 Å². The van der Waals surface area contributed by atoms with Crippen LogP contribution in [0.25, 0.3) is 0 Å². The van der Waals surface area contributed by atoms with Crippen molar-refractivity contribution in [2.75, 3.05) is 11.9 Å². The van der Waals surface area contributed by atoms with E-state index in [0.717, 1.165) is 16.7 Å². The van der Waals surface area contributed by atoms with Gasteiger partial charge in [0.05, 0.1) is 10.7 Å². The first-order valence-electron chi connectivity index (χ1n) is 12.5. The number of carbonyl (C=O) groups excluding carboxylic acids is 3. The Morgan fingerprint density at radius 3 is 2.22 bits per heavy atom. The lowest BCUT2D eigenvalue weighted by Gasteiger charge is -2.43. The number of amides is 3. The zero-order chi connectivity index (χ0) is 28.1. The summed E-state index contributed by atoms with van der Waals surface area (Å²) in [5.41, 5.74) is 2.41. The van der Waals surface area contributed by atoms with Crippen LogP contribution in [-0.4, -0.2) is 40.5 Å². The molecule has 3 amide bonds. The zero-order valence-electron chi connectivity index (χ0n) is 23.4. The molecule has 2 rings (SSSR count). The maximum absolute atomic E-state index is 14.0. The first kappa shape index (κ1) is 30.2. The third kappa shape index (κ3) is 7.96. The fraction of sp³-hybridized carbons (Fsp3) is 0.483. The summed E-state index contributed by atoms with van der Waals surface area (Å²) >= 11 is 6.42. The van der Waals surface area contributed by atoms with Crippen molar-refractivity contribution in [2.24, 2.45) is 0 Å². The summed E-state index contributed by atoms with van der Waals surface area (Å²) in [4.78, 5) is 41.7. The number of halogens is 1. The van der Waals surface area contributed by atoms with Crippen LogP contribution in [0.2, 0.25) is 5.02 Å². The minimum atomic E-state index is -0.974. The number of benzene rings is 2. The highest BCUT2D eigenvalue weighted by atomic mass is 35.5. The molecule has 1 atom stereocenters. The minimum absolute atomic E-state index is 0.321. The monoisotopic (exact) mass is 529 g/mol. The number of alkyl carbamates (subject to hydrolysis) is 1. The van der Waals surface area contributed by atoms with Gasteiger partial charge in [0.2, 0.25) is 5.91 Å². The number of hydrogen-bond acceptors (Lipinski definition) is 4. The summed E-state index contributed by atoms with van der Waals surface area (Å²) in [5, 5.41) is 5.93. The lowest BCUT2D eigenvalue weighted by atomic mass is 9.90. The second kappa shape index (κ2) is 12.0. The Balaban J connectivity index is 2.58. The molecule has 0 saturated carbocycles. The van der Waals surface area contributed by atoms with E-state index in [1.807, 2.05) is 71.9 Å². The maximum atomic E-state index is 14.0. The fourth-order valence-electron chi connectivity index (χ4n) is 3.98. The molecular formula is C29H40ClN3O4. The molecule has 2 aromatic rings. The topological polar surface area (TPSA) is 87.7 Å². The minimum Gasteiger partial charge on any atom is -0.444 e. The number of carbonyl (C=O) groups is 3. The summed E-state index contributed by atoms with van der Waals surface area (Å²) in [5.74, 6) is -0.799. The lowest BCUT2D eigenvalue weighted by molar-refractivity contribution is -0.145. The van der Waals surface area contributed by atoms with Gasteiger partial charge in [0.1, 0.15) is 18.2 Å². The smallest absolute Gasteiger partial charge is 0.408 e. The van der Waals surface area contributed by atoms with Crippen molar-refractivity contribution in [3.05, 3.63) is 63.7 Å². The van der Waals surface area contributed by atoms with Crippen molar-refractivity contribution in [2.45, 2.75) is 85.9 Å². The van der Waals surface area contributed by atoms with Crippen LogP contribution in [-0.2, 0) is 14.3 Å². The summed E-state index contributed by atoms with van der Waals surface area (Å²) in [6.07, 6.45) is -0.125. The number of ether oxygens (including phenoxy) is 1. The lowest BCUT2D eigenvalue weighted by Crippen LogP contribution is -2.55. The van der Waals surface area contributed by atoms with Crippen molar-refractivity contribution in [3.8, 4) is 0 Å². The molecule has 0 bridgehead atoms. The molecule has 2 N–H and O–H groups in total. The Hall–Kier alpha value is -3.06. The average Bonchev–Trinajstić information content (AvgIpc) is 2.78. The molecule has 0 heterocycles. The van der Waals surface area contributed by atoms with E-state index in [0.29, 0.717) is 22.7 Å². The molecule has 0 fully saturated rings. The number of para-hydroxylation sites is 1. The molecule has 1 unspecified atom stereocenters. The average molecular weight is 530 g/mol. The van der Waals surface area contributed by atoms with Crippen LogP contribution in [0, 0.1) is 20.8 Å². The van der Waals surface area contributed by atoms with Crippen molar-refractivity contribution in [3.63, 3.8) is 0 Å². The number of anilines is 1. The van der Waals surface area contributed by atoms with Gasteiger partial charge in [-0.1, -0.05) is 54.4 Å². The fourth-order valence-corrected chi connectivity index (χ4v) is 4.25. The molecule has 2 aromatic carbocycles. The molecule has 202 valence electrons. The molecule has 0 saturated heterocycles. The Kier molecular flexibility index (Phi) is 9.78. The van der Waals surface area contributed by atoms with Gasteiger partial charge in [0, 0.05) is 5.54 Å². The standard InChI is InChI=1S/C29H40ClN3O4/c1-10-29(8,9)33(23(34)17-31-27(36)37-28(5,6)7)25(21-16-18(2)14-15-19(21)3)26(35)32-24-20(4)12-11-13-22(24)30/h11-16,25H,10,17H2,1-9H3,(H,31,36)(H,32,35). The summed E-state index contributed by atoms with van der Waals surface area (Å²) in [6, 6.07) is 10.2. The number of aryl methyl sites for hydroxylation is 3. The van der Waals surface area contributed by atoms with Gasteiger partial charge in [0.15, 0.2) is 0 Å². The summed E-state index contributed by atoms with van der Waals surface area (Å²) < 4.78 is 5.30. The number of nitrogens with one attached hydrogen (secondary N) is 2. The molecule has 0 aliphatic heterocycles. The van der Waals surface area contributed by atoms with E-state index < -0.39 is 35.1 Å². The highest BCUT2D eigenvalue weighted by Gasteiger charge is 2.41. The Morgan fingerprint density at radius 1 is 1.00 bits per heavy atom. The Morgan fingerprint density at radius 2 is 1.65 bits per heavy atom. The first-order chi connectivity index (χ1) is 17.1. The third-order valence-corrected chi connectivity index (χ3v) is 6.59. The van der Waals surface area contributed by atoms with E-state index >= 15 is 0 Å². The van der Waals surface area contributed by atoms with Crippen LogP contribution in [0.3, 0.4) is 0 Å². The molecule has 0 aliphatic carbocycles. The molecule has 0 radical (unpaired) electrons. The van der Waals surface area contributed by atoms with Gasteiger partial charge >= 0.3 is 6.09 Å². The van der Waals surface area contributed by atoms with Crippen LogP contribution in [0.15, 0.2) is 36.4 Å². The second-order valence-corrected chi connectivity index (χ2v) is 11.4. The maximum Gasteiger partial charge on any atom is 0.408 e. The van der Waals surface area contributed by atoms with E-state index in [1.54, 1.807) is 31.7 Å². The van der Waals surface area contributed by atoms with Gasteiger partial charge < -0.3 is 20.3 Å². The van der Waals surface area contributed by atoms with E-state index in [-0.39, 0.29) is 6.54 Å². The second-order valence-electron chi connectivity index (χ2n) is 11.0. The van der Waals surface area contributed by atoms with Crippen LogP contribution in [0.1, 0.15) is 76.3 Å². The van der Waals surface area contributed by atoms with E-state index in [4.69, 9.17) is 16.3 Å². The van der Waals surface area contributed by atoms with Gasteiger partial charge in [-0.25, -0.2) is 4.79 Å². The van der Waals surface area contributed by atoms with Gasteiger partial charge in [-0.05, 0) is 84.6 Å². The molecular weight excluding hydrogens is 490 g/mol. The van der Waals surface area contributed by atoms with Crippen molar-refractivity contribution >= 4 is 35.2 Å². The number of rotatable bonds is 8. The van der Waals surface area contributed by atoms with E-state index in [1.165, 1.54) is 0 Å². The van der Waals surface area contributed by atoms with E-state index in [2.05, 4.69) is 10.6 Å². The third-order valence-electron chi connectivity index (χ3n) is 6.27. The van der Waals surface area contributed by atoms with Gasteiger partial charge in [0.25, 0.3) is 5.91 Å². The molecule has 0 aliphatic rings. The van der Waals surface area contributed by atoms with Crippen molar-refractivity contribution in [1.82, 2.24) is 10.2 Å². The number of nitrogens with zero attached hydrogens (tertiary/aromatic N) is 1. The van der Waals surface area contributed by atoms with Gasteiger partial charge in [-0.3, -0.25) is 9.59 Å². The molecule has 0 aromatic heterocycles. The molecule has 8 heteroatoms. The highest BCUT2D eigenvalue weighted by molar-refractivity contribution is 6.34. The SMILES string of the molecule is CCC(C)(C)N(C(=O)CNC(=O)OC(C)(C)C)C(C(=O)Nc1c(C)cccc1Cl)c1cc(C)ccc1C. The quantitative estimate of drug-likeness (QED) is 0.409. The van der Waals surface area contributed by atoms with Crippen molar-refractivity contribution in [1.29, 1.82) is 0 Å². The molecule has 37 heavy (non-hydrogen) atoms. The largest absolute Gasteiger partial charge is 0.444 e. The molecule has 7 nitrogen and oxygen atoms in total. The van der Waals surface area contributed by atoms with Crippen LogP contribution in [0.4, 0.5) is 10.5 Å². The van der Waals surface area contributed by atoms with Crippen LogP contribution in [0.5, 0.6) is 0 Å². The summed E-state index contributed by atoms with van der Waals surface area (Å²) in [6.45, 7) is 16.4. The zero-order valence-corrected chi connectivity index (χ0v) is 24.2. The first-order valence-corrected chi connectivity index (χ1v) is 12.9. The van der Waals surface area contributed by atoms with E-state index in [9.17, 15) is 14.4 Å². The highest BCUT2D eigenvalue weighted by Crippen LogP contribution is 2.35. The predicted octanol–water partition coefficient (Wildman–Crippen LogP) is 6.49. The van der Waals surface area contributed by atoms with Crippen LogP contribution >= 0.6 is 11.6 Å². The Labute approximate surface area is 225 Å². The van der Waals surface area contributed by atoms with Crippen LogP contribution < -0.4 is 10.6 Å². The predicted molar refractivity (Wildman–Crippen MR) is 149 cm³/mol. The normalized spacial score (nSPS) is 12.5.